The van der Waals surface area contributed by atoms with Crippen LogP contribution in [0.3, 0.4) is 0 Å². The standard InChI is InChI=1S/C16H16ClFN2O4S/c1-20(12-4-2-11(18)3-5-12)25(23,24)13-6-7-15(17)14(10-13)16(22)19-8-9-21/h2-7,10,21H,8-9H2,1H3,(H,19,22). The fraction of sp³-hybridized carbons (Fsp3) is 0.188. The summed E-state index contributed by atoms with van der Waals surface area (Å²) in [5.74, 6) is -1.08. The van der Waals surface area contributed by atoms with Crippen LogP contribution >= 0.6 is 11.6 Å². The van der Waals surface area contributed by atoms with E-state index in [0.29, 0.717) is 0 Å². The van der Waals surface area contributed by atoms with Gasteiger partial charge in [-0.1, -0.05) is 11.6 Å². The van der Waals surface area contributed by atoms with Crippen molar-refractivity contribution in [2.24, 2.45) is 0 Å². The minimum atomic E-state index is -3.98. The predicted octanol–water partition coefficient (Wildman–Crippen LogP) is 2.03. The first-order valence-electron chi connectivity index (χ1n) is 7.20. The molecule has 9 heteroatoms. The predicted molar refractivity (Wildman–Crippen MR) is 92.9 cm³/mol. The summed E-state index contributed by atoms with van der Waals surface area (Å²) in [6.07, 6.45) is 0. The fourth-order valence-corrected chi connectivity index (χ4v) is 3.48. The molecule has 0 aliphatic rings. The van der Waals surface area contributed by atoms with E-state index in [1.54, 1.807) is 0 Å². The molecule has 0 heterocycles. The highest BCUT2D eigenvalue weighted by Crippen LogP contribution is 2.25. The maximum absolute atomic E-state index is 13.0. The monoisotopic (exact) mass is 386 g/mol. The van der Waals surface area contributed by atoms with Crippen molar-refractivity contribution in [1.29, 1.82) is 0 Å². The molecule has 2 N–H and O–H groups in total. The molecular weight excluding hydrogens is 371 g/mol. The molecule has 0 unspecified atom stereocenters. The smallest absolute Gasteiger partial charge is 0.264 e. The maximum Gasteiger partial charge on any atom is 0.264 e. The number of carbonyl (C=O) groups is 1. The third-order valence-electron chi connectivity index (χ3n) is 3.43. The Morgan fingerprint density at radius 3 is 2.48 bits per heavy atom. The van der Waals surface area contributed by atoms with E-state index in [2.05, 4.69) is 5.32 Å². The van der Waals surface area contributed by atoms with Crippen molar-refractivity contribution >= 4 is 33.2 Å². The molecule has 25 heavy (non-hydrogen) atoms. The lowest BCUT2D eigenvalue weighted by Crippen LogP contribution is -2.28. The summed E-state index contributed by atoms with van der Waals surface area (Å²) >= 11 is 5.96. The normalized spacial score (nSPS) is 11.2. The number of amides is 1. The van der Waals surface area contributed by atoms with Gasteiger partial charge in [0.1, 0.15) is 5.82 Å². The number of aliphatic hydroxyl groups excluding tert-OH is 1. The van der Waals surface area contributed by atoms with Crippen LogP contribution in [-0.4, -0.2) is 39.6 Å². The van der Waals surface area contributed by atoms with Crippen molar-refractivity contribution in [2.75, 3.05) is 24.5 Å². The molecule has 6 nitrogen and oxygen atoms in total. The highest BCUT2D eigenvalue weighted by molar-refractivity contribution is 7.92. The Balaban J connectivity index is 2.39. The highest BCUT2D eigenvalue weighted by Gasteiger charge is 2.23. The minimum absolute atomic E-state index is 0.0155. The SMILES string of the molecule is CN(c1ccc(F)cc1)S(=O)(=O)c1ccc(Cl)c(C(=O)NCCO)c1. The van der Waals surface area contributed by atoms with Crippen LogP contribution < -0.4 is 9.62 Å². The van der Waals surface area contributed by atoms with Crippen LogP contribution in [0.1, 0.15) is 10.4 Å². The van der Waals surface area contributed by atoms with Gasteiger partial charge in [-0.2, -0.15) is 0 Å². The number of nitrogens with one attached hydrogen (secondary N) is 1. The zero-order valence-corrected chi connectivity index (χ0v) is 14.8. The second-order valence-electron chi connectivity index (χ2n) is 5.07. The van der Waals surface area contributed by atoms with Gasteiger partial charge in [-0.05, 0) is 42.5 Å². The molecule has 0 aliphatic carbocycles. The van der Waals surface area contributed by atoms with E-state index < -0.39 is 21.7 Å². The van der Waals surface area contributed by atoms with E-state index in [-0.39, 0.29) is 34.3 Å². The van der Waals surface area contributed by atoms with E-state index in [9.17, 15) is 17.6 Å². The number of rotatable bonds is 6. The Morgan fingerprint density at radius 2 is 1.88 bits per heavy atom. The van der Waals surface area contributed by atoms with Crippen molar-refractivity contribution in [1.82, 2.24) is 5.32 Å². The lowest BCUT2D eigenvalue weighted by molar-refractivity contribution is 0.0944. The molecule has 0 saturated heterocycles. The number of aliphatic hydroxyl groups is 1. The van der Waals surface area contributed by atoms with E-state index in [0.717, 1.165) is 22.5 Å². The summed E-state index contributed by atoms with van der Waals surface area (Å²) in [7, 11) is -2.65. The van der Waals surface area contributed by atoms with Gasteiger partial charge in [-0.15, -0.1) is 0 Å². The van der Waals surface area contributed by atoms with E-state index in [1.165, 1.54) is 31.3 Å². The van der Waals surface area contributed by atoms with Crippen LogP contribution in [-0.2, 0) is 10.0 Å². The molecule has 1 amide bonds. The summed E-state index contributed by atoms with van der Waals surface area (Å²) in [5, 5.41) is 11.3. The minimum Gasteiger partial charge on any atom is -0.395 e. The Labute approximate surface area is 149 Å². The number of anilines is 1. The van der Waals surface area contributed by atoms with Gasteiger partial charge < -0.3 is 10.4 Å². The van der Waals surface area contributed by atoms with Gasteiger partial charge >= 0.3 is 0 Å². The Kier molecular flexibility index (Phi) is 5.99. The van der Waals surface area contributed by atoms with Gasteiger partial charge in [0.2, 0.25) is 0 Å². The number of halogens is 2. The number of sulfonamides is 1. The maximum atomic E-state index is 13.0. The zero-order chi connectivity index (χ0) is 18.6. The highest BCUT2D eigenvalue weighted by atomic mass is 35.5. The first kappa shape index (κ1) is 19.2. The number of hydrogen-bond donors (Lipinski definition) is 2. The van der Waals surface area contributed by atoms with Gasteiger partial charge in [0, 0.05) is 13.6 Å². The summed E-state index contributed by atoms with van der Waals surface area (Å²) in [5.41, 5.74) is 0.242. The van der Waals surface area contributed by atoms with Gasteiger partial charge in [0.15, 0.2) is 0 Å². The molecule has 0 spiro atoms. The van der Waals surface area contributed by atoms with Gasteiger partial charge in [0.25, 0.3) is 15.9 Å². The largest absolute Gasteiger partial charge is 0.395 e. The molecule has 0 fully saturated rings. The third kappa shape index (κ3) is 4.28. The second kappa shape index (κ2) is 7.81. The van der Waals surface area contributed by atoms with Gasteiger partial charge in [0.05, 0.1) is 27.8 Å². The fourth-order valence-electron chi connectivity index (χ4n) is 2.05. The van der Waals surface area contributed by atoms with Crippen molar-refractivity contribution in [3.8, 4) is 0 Å². The first-order valence-corrected chi connectivity index (χ1v) is 9.02. The molecule has 0 radical (unpaired) electrons. The van der Waals surface area contributed by atoms with Crippen LogP contribution in [0.2, 0.25) is 5.02 Å². The molecule has 0 saturated carbocycles. The lowest BCUT2D eigenvalue weighted by Gasteiger charge is -2.20. The zero-order valence-electron chi connectivity index (χ0n) is 13.2. The molecule has 134 valence electrons. The molecule has 2 rings (SSSR count). The third-order valence-corrected chi connectivity index (χ3v) is 5.54. The summed E-state index contributed by atoms with van der Waals surface area (Å²) in [6, 6.07) is 8.70. The Hall–Kier alpha value is -2.16. The van der Waals surface area contributed by atoms with Crippen LogP contribution in [0.15, 0.2) is 47.4 Å². The number of hydrogen-bond acceptors (Lipinski definition) is 4. The average molecular weight is 387 g/mol. The second-order valence-corrected chi connectivity index (χ2v) is 7.45. The first-order chi connectivity index (χ1) is 11.8. The molecule has 2 aromatic carbocycles. The average Bonchev–Trinajstić information content (AvgIpc) is 2.59. The van der Waals surface area contributed by atoms with Crippen LogP contribution in [0.5, 0.6) is 0 Å². The lowest BCUT2D eigenvalue weighted by atomic mass is 10.2. The topological polar surface area (TPSA) is 86.7 Å². The Bertz CT molecular complexity index is 872. The molecule has 0 bridgehead atoms. The van der Waals surface area contributed by atoms with Crippen LogP contribution in [0.4, 0.5) is 10.1 Å². The van der Waals surface area contributed by atoms with E-state index in [1.807, 2.05) is 0 Å². The molecule has 0 aromatic heterocycles. The molecule has 0 aliphatic heterocycles. The quantitative estimate of drug-likeness (QED) is 0.795. The number of carbonyl (C=O) groups excluding carboxylic acids is 1. The number of benzene rings is 2. The van der Waals surface area contributed by atoms with Crippen molar-refractivity contribution < 1.29 is 22.7 Å². The molecule has 2 aromatic rings. The molecule has 0 atom stereocenters. The number of nitrogens with zero attached hydrogens (tertiary/aromatic N) is 1. The molecular formula is C16H16ClFN2O4S. The van der Waals surface area contributed by atoms with Crippen LogP contribution in [0.25, 0.3) is 0 Å². The van der Waals surface area contributed by atoms with E-state index in [4.69, 9.17) is 16.7 Å². The van der Waals surface area contributed by atoms with E-state index >= 15 is 0 Å². The van der Waals surface area contributed by atoms with Gasteiger partial charge in [-0.25, -0.2) is 12.8 Å². The Morgan fingerprint density at radius 1 is 1.24 bits per heavy atom. The van der Waals surface area contributed by atoms with Gasteiger partial charge in [-0.3, -0.25) is 9.10 Å². The summed E-state index contributed by atoms with van der Waals surface area (Å²) < 4.78 is 39.5. The summed E-state index contributed by atoms with van der Waals surface area (Å²) in [6.45, 7) is -0.240. The van der Waals surface area contributed by atoms with Crippen molar-refractivity contribution in [2.45, 2.75) is 4.90 Å². The van der Waals surface area contributed by atoms with Crippen LogP contribution in [0, 0.1) is 5.82 Å². The summed E-state index contributed by atoms with van der Waals surface area (Å²) in [4.78, 5) is 11.9. The van der Waals surface area contributed by atoms with Crippen molar-refractivity contribution in [3.63, 3.8) is 0 Å². The van der Waals surface area contributed by atoms with Crippen molar-refractivity contribution in [3.05, 3.63) is 58.9 Å².